The van der Waals surface area contributed by atoms with Gasteiger partial charge >= 0.3 is 5.97 Å². The minimum absolute atomic E-state index is 0.109. The molecule has 1 amide bonds. The van der Waals surface area contributed by atoms with Gasteiger partial charge in [-0.2, -0.15) is 0 Å². The molecule has 5 nitrogen and oxygen atoms in total. The molecule has 17 heavy (non-hydrogen) atoms. The first kappa shape index (κ1) is 15.9. The van der Waals surface area contributed by atoms with E-state index < -0.39 is 0 Å². The molecule has 0 radical (unpaired) electrons. The molecule has 0 aromatic carbocycles. The van der Waals surface area contributed by atoms with Crippen molar-refractivity contribution in [2.24, 2.45) is 0 Å². The third-order valence-corrected chi connectivity index (χ3v) is 2.45. The number of carbonyl (C=O) groups excluding carboxylic acids is 2. The van der Waals surface area contributed by atoms with E-state index in [1.807, 2.05) is 25.9 Å². The number of amides is 1. The van der Waals surface area contributed by atoms with Gasteiger partial charge in [0.25, 0.3) is 0 Å². The minimum Gasteiger partial charge on any atom is -0.469 e. The summed E-state index contributed by atoms with van der Waals surface area (Å²) in [5.74, 6) is -0.164. The number of rotatable bonds is 8. The van der Waals surface area contributed by atoms with E-state index in [1.165, 1.54) is 7.11 Å². The van der Waals surface area contributed by atoms with E-state index in [-0.39, 0.29) is 18.3 Å². The fraction of sp³-hybridized carbons (Fsp3) is 0.833. The summed E-state index contributed by atoms with van der Waals surface area (Å²) in [6.45, 7) is 3.88. The average Bonchev–Trinajstić information content (AvgIpc) is 2.28. The van der Waals surface area contributed by atoms with E-state index in [2.05, 4.69) is 4.74 Å². The quantitative estimate of drug-likeness (QED) is 0.591. The van der Waals surface area contributed by atoms with Crippen LogP contribution in [0.25, 0.3) is 0 Å². The second-order valence-electron chi connectivity index (χ2n) is 4.26. The normalized spacial score (nSPS) is 10.4. The topological polar surface area (TPSA) is 49.9 Å². The molecule has 0 bridgehead atoms. The maximum absolute atomic E-state index is 11.8. The number of esters is 1. The van der Waals surface area contributed by atoms with E-state index >= 15 is 0 Å². The molecule has 0 spiro atoms. The highest BCUT2D eigenvalue weighted by Gasteiger charge is 2.14. The Bertz CT molecular complexity index is 242. The van der Waals surface area contributed by atoms with Crippen molar-refractivity contribution in [3.8, 4) is 0 Å². The highest BCUT2D eigenvalue weighted by Crippen LogP contribution is 2.00. The molecular weight excluding hydrogens is 220 g/mol. The maximum Gasteiger partial charge on any atom is 0.307 e. The Balaban J connectivity index is 4.19. The van der Waals surface area contributed by atoms with Crippen molar-refractivity contribution in [2.45, 2.75) is 26.2 Å². The molecular formula is C12H24N2O3. The van der Waals surface area contributed by atoms with Gasteiger partial charge < -0.3 is 14.5 Å². The third kappa shape index (κ3) is 7.74. The number of likely N-dealkylation sites (N-methyl/N-ethyl adjacent to an activating group) is 1. The molecule has 0 atom stereocenters. The van der Waals surface area contributed by atoms with Gasteiger partial charge in [0.2, 0.25) is 5.91 Å². The van der Waals surface area contributed by atoms with Gasteiger partial charge in [0.15, 0.2) is 0 Å². The van der Waals surface area contributed by atoms with Gasteiger partial charge in [-0.05, 0) is 20.5 Å². The van der Waals surface area contributed by atoms with E-state index in [1.54, 1.807) is 4.90 Å². The molecule has 5 heteroatoms. The third-order valence-electron chi connectivity index (χ3n) is 2.45. The molecule has 0 saturated heterocycles. The number of carbonyl (C=O) groups is 2. The lowest BCUT2D eigenvalue weighted by atomic mass is 10.2. The van der Waals surface area contributed by atoms with Crippen LogP contribution < -0.4 is 0 Å². The molecule has 0 aliphatic rings. The van der Waals surface area contributed by atoms with E-state index in [9.17, 15) is 9.59 Å². The average molecular weight is 244 g/mol. The molecule has 0 fully saturated rings. The summed E-state index contributed by atoms with van der Waals surface area (Å²) < 4.78 is 4.58. The number of nitrogens with zero attached hydrogens (tertiary/aromatic N) is 2. The van der Waals surface area contributed by atoms with Crippen molar-refractivity contribution < 1.29 is 14.3 Å². The van der Waals surface area contributed by atoms with Crippen LogP contribution in [0.15, 0.2) is 0 Å². The minimum atomic E-state index is -0.274. The monoisotopic (exact) mass is 244 g/mol. The van der Waals surface area contributed by atoms with Crippen LogP contribution in [0.3, 0.4) is 0 Å². The lowest BCUT2D eigenvalue weighted by Gasteiger charge is -2.23. The van der Waals surface area contributed by atoms with Gasteiger partial charge in [0.1, 0.15) is 0 Å². The lowest BCUT2D eigenvalue weighted by Crippen LogP contribution is -2.38. The Kier molecular flexibility index (Phi) is 8.40. The van der Waals surface area contributed by atoms with Crippen molar-refractivity contribution in [3.05, 3.63) is 0 Å². The van der Waals surface area contributed by atoms with Crippen molar-refractivity contribution in [3.63, 3.8) is 0 Å². The van der Waals surface area contributed by atoms with Crippen molar-refractivity contribution in [1.82, 2.24) is 9.80 Å². The van der Waals surface area contributed by atoms with Crippen molar-refractivity contribution >= 4 is 11.9 Å². The smallest absolute Gasteiger partial charge is 0.307 e. The van der Waals surface area contributed by atoms with Gasteiger partial charge in [-0.1, -0.05) is 6.92 Å². The van der Waals surface area contributed by atoms with Crippen LogP contribution in [0.4, 0.5) is 0 Å². The number of ether oxygens (including phenoxy) is 1. The van der Waals surface area contributed by atoms with E-state index in [0.29, 0.717) is 19.5 Å². The SMILES string of the molecule is CCCC(=O)N(CCC(=O)OC)CCN(C)C. The Morgan fingerprint density at radius 3 is 2.18 bits per heavy atom. The molecule has 0 N–H and O–H groups in total. The van der Waals surface area contributed by atoms with Crippen LogP contribution in [0.1, 0.15) is 26.2 Å². The lowest BCUT2D eigenvalue weighted by molar-refractivity contribution is -0.141. The second-order valence-corrected chi connectivity index (χ2v) is 4.26. The summed E-state index contributed by atoms with van der Waals surface area (Å²) in [7, 11) is 5.28. The van der Waals surface area contributed by atoms with Crippen LogP contribution in [0.5, 0.6) is 0 Å². The summed E-state index contributed by atoms with van der Waals surface area (Å²) in [5, 5.41) is 0. The molecule has 0 aromatic rings. The van der Waals surface area contributed by atoms with Crippen LogP contribution >= 0.6 is 0 Å². The zero-order chi connectivity index (χ0) is 13.3. The Hall–Kier alpha value is -1.10. The largest absolute Gasteiger partial charge is 0.469 e. The molecule has 0 saturated carbocycles. The zero-order valence-electron chi connectivity index (χ0n) is 11.4. The van der Waals surface area contributed by atoms with Crippen LogP contribution in [0, 0.1) is 0 Å². The fourth-order valence-electron chi connectivity index (χ4n) is 1.38. The predicted octanol–water partition coefficient (Wildman–Crippen LogP) is 0.740. The number of methoxy groups -OCH3 is 1. The van der Waals surface area contributed by atoms with Gasteiger partial charge in [0, 0.05) is 26.1 Å². The summed E-state index contributed by atoms with van der Waals surface area (Å²) >= 11 is 0. The molecule has 0 aliphatic heterocycles. The molecule has 0 heterocycles. The van der Waals surface area contributed by atoms with Crippen LogP contribution in [-0.4, -0.2) is 62.5 Å². The highest BCUT2D eigenvalue weighted by molar-refractivity contribution is 5.77. The van der Waals surface area contributed by atoms with Crippen LogP contribution in [0.2, 0.25) is 0 Å². The first-order chi connectivity index (χ1) is 8.01. The highest BCUT2D eigenvalue weighted by atomic mass is 16.5. The Morgan fingerprint density at radius 1 is 1.06 bits per heavy atom. The number of hydrogen-bond acceptors (Lipinski definition) is 4. The van der Waals surface area contributed by atoms with E-state index in [4.69, 9.17) is 0 Å². The van der Waals surface area contributed by atoms with Gasteiger partial charge in [-0.3, -0.25) is 9.59 Å². The Morgan fingerprint density at radius 2 is 1.71 bits per heavy atom. The van der Waals surface area contributed by atoms with Gasteiger partial charge in [-0.15, -0.1) is 0 Å². The summed E-state index contributed by atoms with van der Waals surface area (Å²) in [6.07, 6.45) is 1.63. The molecule has 0 aliphatic carbocycles. The van der Waals surface area contributed by atoms with Crippen molar-refractivity contribution in [1.29, 1.82) is 0 Å². The molecule has 0 unspecified atom stereocenters. The molecule has 0 rings (SSSR count). The second kappa shape index (κ2) is 8.98. The summed E-state index contributed by atoms with van der Waals surface area (Å²) in [5.41, 5.74) is 0. The standard InChI is InChI=1S/C12H24N2O3/c1-5-6-11(15)14(10-9-13(2)3)8-7-12(16)17-4/h5-10H2,1-4H3. The maximum atomic E-state index is 11.8. The van der Waals surface area contributed by atoms with E-state index in [0.717, 1.165) is 13.0 Å². The fourth-order valence-corrected chi connectivity index (χ4v) is 1.38. The zero-order valence-corrected chi connectivity index (χ0v) is 11.4. The molecule has 0 aromatic heterocycles. The van der Waals surface area contributed by atoms with Crippen LogP contribution in [-0.2, 0) is 14.3 Å². The van der Waals surface area contributed by atoms with Gasteiger partial charge in [-0.25, -0.2) is 0 Å². The van der Waals surface area contributed by atoms with Crippen molar-refractivity contribution in [2.75, 3.05) is 40.8 Å². The summed E-state index contributed by atoms with van der Waals surface area (Å²) in [4.78, 5) is 26.6. The Labute approximate surface area is 104 Å². The first-order valence-corrected chi connectivity index (χ1v) is 6.00. The predicted molar refractivity (Wildman–Crippen MR) is 66.7 cm³/mol. The molecule has 100 valence electrons. The number of hydrogen-bond donors (Lipinski definition) is 0. The first-order valence-electron chi connectivity index (χ1n) is 6.00. The summed E-state index contributed by atoms with van der Waals surface area (Å²) in [6, 6.07) is 0. The van der Waals surface area contributed by atoms with Gasteiger partial charge in [0.05, 0.1) is 13.5 Å².